The van der Waals surface area contributed by atoms with E-state index in [2.05, 4.69) is 25.5 Å². The van der Waals surface area contributed by atoms with Crippen molar-refractivity contribution in [1.82, 2.24) is 15.3 Å². The number of anilines is 2. The Hall–Kier alpha value is -1.85. The molecule has 2 aliphatic heterocycles. The van der Waals surface area contributed by atoms with Crippen LogP contribution < -0.4 is 15.5 Å². The molecule has 0 bridgehead atoms. The van der Waals surface area contributed by atoms with Gasteiger partial charge >= 0.3 is 0 Å². The van der Waals surface area contributed by atoms with Crippen molar-refractivity contribution >= 4 is 17.7 Å². The van der Waals surface area contributed by atoms with E-state index < -0.39 is 0 Å². The van der Waals surface area contributed by atoms with Crippen molar-refractivity contribution in [2.45, 2.75) is 25.8 Å². The Morgan fingerprint density at radius 1 is 1.53 bits per heavy atom. The van der Waals surface area contributed by atoms with Crippen LogP contribution >= 0.6 is 0 Å². The predicted molar refractivity (Wildman–Crippen MR) is 73.2 cm³/mol. The number of carbonyl (C=O) groups excluding carboxylic acids is 1. The second kappa shape index (κ2) is 4.68. The van der Waals surface area contributed by atoms with Gasteiger partial charge in [-0.1, -0.05) is 0 Å². The Kier molecular flexibility index (Phi) is 3.00. The first-order valence-electron chi connectivity index (χ1n) is 6.76. The van der Waals surface area contributed by atoms with Crippen LogP contribution in [-0.2, 0) is 4.79 Å². The molecule has 1 amide bonds. The highest BCUT2D eigenvalue weighted by Gasteiger charge is 2.41. The van der Waals surface area contributed by atoms with Gasteiger partial charge < -0.3 is 15.5 Å². The summed E-state index contributed by atoms with van der Waals surface area (Å²) >= 11 is 0. The van der Waals surface area contributed by atoms with Crippen molar-refractivity contribution < 1.29 is 4.79 Å². The quantitative estimate of drug-likeness (QED) is 0.813. The molecule has 2 unspecified atom stereocenters. The number of fused-ring (bicyclic) bond motifs is 1. The molecule has 19 heavy (non-hydrogen) atoms. The number of aryl methyl sites for hydroxylation is 1. The van der Waals surface area contributed by atoms with Crippen molar-refractivity contribution in [3.63, 3.8) is 0 Å². The smallest absolute Gasteiger partial charge is 0.225 e. The number of carbonyl (C=O) groups is 1. The third-order valence-corrected chi connectivity index (χ3v) is 4.04. The van der Waals surface area contributed by atoms with Crippen molar-refractivity contribution in [3.05, 3.63) is 11.8 Å². The number of nitrogens with zero attached hydrogens (tertiary/aromatic N) is 3. The summed E-state index contributed by atoms with van der Waals surface area (Å²) in [7, 11) is 1.81. The summed E-state index contributed by atoms with van der Waals surface area (Å²) in [5, 5.41) is 5.94. The minimum absolute atomic E-state index is 0.112. The van der Waals surface area contributed by atoms with Gasteiger partial charge in [-0.25, -0.2) is 4.98 Å². The molecule has 102 valence electrons. The zero-order chi connectivity index (χ0) is 13.4. The van der Waals surface area contributed by atoms with Gasteiger partial charge in [-0.15, -0.1) is 0 Å². The number of piperidine rings is 1. The van der Waals surface area contributed by atoms with E-state index in [0.29, 0.717) is 5.95 Å². The Labute approximate surface area is 112 Å². The molecule has 1 aromatic rings. The highest BCUT2D eigenvalue weighted by molar-refractivity contribution is 5.83. The van der Waals surface area contributed by atoms with E-state index in [1.54, 1.807) is 0 Å². The Morgan fingerprint density at radius 2 is 2.37 bits per heavy atom. The van der Waals surface area contributed by atoms with Gasteiger partial charge in [0.1, 0.15) is 5.82 Å². The van der Waals surface area contributed by atoms with Crippen LogP contribution in [0.2, 0.25) is 0 Å². The topological polar surface area (TPSA) is 70.2 Å². The maximum absolute atomic E-state index is 11.8. The summed E-state index contributed by atoms with van der Waals surface area (Å²) in [6.07, 6.45) is 3.85. The highest BCUT2D eigenvalue weighted by atomic mass is 16.2. The lowest BCUT2D eigenvalue weighted by atomic mass is 9.91. The molecule has 2 N–H and O–H groups in total. The lowest BCUT2D eigenvalue weighted by molar-refractivity contribution is -0.122. The molecule has 0 aromatic carbocycles. The second-order valence-electron chi connectivity index (χ2n) is 5.20. The largest absolute Gasteiger partial charge is 0.357 e. The molecular weight excluding hydrogens is 242 g/mol. The van der Waals surface area contributed by atoms with Crippen molar-refractivity contribution in [2.75, 3.05) is 30.4 Å². The molecule has 1 aromatic heterocycles. The number of aromatic nitrogens is 2. The fraction of sp³-hybridized carbons (Fsp3) is 0.615. The van der Waals surface area contributed by atoms with Gasteiger partial charge in [0.15, 0.2) is 0 Å². The van der Waals surface area contributed by atoms with Gasteiger partial charge in [-0.3, -0.25) is 4.79 Å². The van der Waals surface area contributed by atoms with Gasteiger partial charge in [0.25, 0.3) is 0 Å². The maximum atomic E-state index is 11.8. The lowest BCUT2D eigenvalue weighted by Gasteiger charge is -2.37. The van der Waals surface area contributed by atoms with Crippen LogP contribution in [0.4, 0.5) is 11.8 Å². The summed E-state index contributed by atoms with van der Waals surface area (Å²) in [6.45, 7) is 3.70. The van der Waals surface area contributed by atoms with Crippen molar-refractivity contribution in [3.8, 4) is 0 Å². The van der Waals surface area contributed by atoms with Gasteiger partial charge in [-0.2, -0.15) is 4.98 Å². The van der Waals surface area contributed by atoms with Gasteiger partial charge in [0.05, 0.1) is 12.0 Å². The lowest BCUT2D eigenvalue weighted by Crippen LogP contribution is -2.46. The minimum atomic E-state index is 0.112. The molecule has 3 rings (SSSR count). The van der Waals surface area contributed by atoms with Gasteiger partial charge in [0, 0.05) is 31.9 Å². The number of rotatable bonds is 2. The number of hydrogen-bond donors (Lipinski definition) is 2. The highest BCUT2D eigenvalue weighted by Crippen LogP contribution is 2.32. The molecule has 2 fully saturated rings. The number of amides is 1. The zero-order valence-electron chi connectivity index (χ0n) is 11.3. The standard InChI is InChI=1S/C13H19N5O/c1-8-6-16-13(14-2)17-11(8)18-5-3-4-9-10(18)7-15-12(9)19/h6,9-10H,3-5,7H2,1-2H3,(H,15,19)(H,14,16,17). The SMILES string of the molecule is CNc1ncc(C)c(N2CCCC3C(=O)NCC32)n1. The average Bonchev–Trinajstić information content (AvgIpc) is 2.81. The Bertz CT molecular complexity index is 504. The fourth-order valence-corrected chi connectivity index (χ4v) is 3.06. The van der Waals surface area contributed by atoms with Crippen LogP contribution in [0.3, 0.4) is 0 Å². The van der Waals surface area contributed by atoms with Crippen LogP contribution in [-0.4, -0.2) is 42.1 Å². The molecule has 2 saturated heterocycles. The van der Waals surface area contributed by atoms with Crippen LogP contribution in [0.5, 0.6) is 0 Å². The van der Waals surface area contributed by atoms with Crippen molar-refractivity contribution in [2.24, 2.45) is 5.92 Å². The normalized spacial score (nSPS) is 26.0. The molecule has 0 spiro atoms. The van der Waals surface area contributed by atoms with E-state index >= 15 is 0 Å². The molecular formula is C13H19N5O. The van der Waals surface area contributed by atoms with E-state index in [1.807, 2.05) is 20.2 Å². The molecule has 0 radical (unpaired) electrons. The summed E-state index contributed by atoms with van der Waals surface area (Å²) in [4.78, 5) is 22.9. The average molecular weight is 261 g/mol. The van der Waals surface area contributed by atoms with Crippen LogP contribution in [0.15, 0.2) is 6.20 Å². The Balaban J connectivity index is 1.94. The van der Waals surface area contributed by atoms with E-state index in [0.717, 1.165) is 37.3 Å². The molecule has 2 aliphatic rings. The maximum Gasteiger partial charge on any atom is 0.225 e. The van der Waals surface area contributed by atoms with Crippen LogP contribution in [0.1, 0.15) is 18.4 Å². The first kappa shape index (κ1) is 12.2. The fourth-order valence-electron chi connectivity index (χ4n) is 3.06. The first-order chi connectivity index (χ1) is 9.20. The first-order valence-corrected chi connectivity index (χ1v) is 6.76. The van der Waals surface area contributed by atoms with E-state index in [4.69, 9.17) is 0 Å². The summed E-state index contributed by atoms with van der Waals surface area (Å²) in [5.74, 6) is 1.88. The van der Waals surface area contributed by atoms with Gasteiger partial charge in [-0.05, 0) is 19.8 Å². The molecule has 6 nitrogen and oxygen atoms in total. The minimum Gasteiger partial charge on any atom is -0.357 e. The predicted octanol–water partition coefficient (Wildman–Crippen LogP) is 0.542. The van der Waals surface area contributed by atoms with E-state index in [-0.39, 0.29) is 17.9 Å². The summed E-state index contributed by atoms with van der Waals surface area (Å²) < 4.78 is 0. The summed E-state index contributed by atoms with van der Waals surface area (Å²) in [6, 6.07) is 0.236. The number of nitrogens with one attached hydrogen (secondary N) is 2. The molecule has 3 heterocycles. The third kappa shape index (κ3) is 2.01. The molecule has 2 atom stereocenters. The zero-order valence-corrected chi connectivity index (χ0v) is 11.3. The van der Waals surface area contributed by atoms with Crippen LogP contribution in [0, 0.1) is 12.8 Å². The Morgan fingerprint density at radius 3 is 3.16 bits per heavy atom. The van der Waals surface area contributed by atoms with E-state index in [1.165, 1.54) is 0 Å². The molecule has 0 saturated carbocycles. The third-order valence-electron chi connectivity index (χ3n) is 4.04. The molecule has 0 aliphatic carbocycles. The number of hydrogen-bond acceptors (Lipinski definition) is 5. The van der Waals surface area contributed by atoms with Gasteiger partial charge in [0.2, 0.25) is 11.9 Å². The second-order valence-corrected chi connectivity index (χ2v) is 5.20. The summed E-state index contributed by atoms with van der Waals surface area (Å²) in [5.41, 5.74) is 1.05. The molecule has 6 heteroatoms. The van der Waals surface area contributed by atoms with E-state index in [9.17, 15) is 4.79 Å². The van der Waals surface area contributed by atoms with Crippen molar-refractivity contribution in [1.29, 1.82) is 0 Å². The monoisotopic (exact) mass is 261 g/mol. The van der Waals surface area contributed by atoms with Crippen LogP contribution in [0.25, 0.3) is 0 Å².